The smallest absolute Gasteiger partial charge is 0.289 e. The van der Waals surface area contributed by atoms with E-state index in [2.05, 4.69) is 0 Å². The Morgan fingerprint density at radius 1 is 1.19 bits per heavy atom. The van der Waals surface area contributed by atoms with E-state index < -0.39 is 11.7 Å². The van der Waals surface area contributed by atoms with Crippen LogP contribution in [0.25, 0.3) is 0 Å². The lowest BCUT2D eigenvalue weighted by Gasteiger charge is -2.20. The van der Waals surface area contributed by atoms with E-state index in [0.29, 0.717) is 24.0 Å². The summed E-state index contributed by atoms with van der Waals surface area (Å²) >= 11 is 3.22. The van der Waals surface area contributed by atoms with Crippen LogP contribution in [-0.4, -0.2) is 22.9 Å². The number of Topliss-reactive ketones (excluding diaryl/α,β-unsaturated/α-hetero) is 1. The maximum Gasteiger partial charge on any atom is 0.416 e. The van der Waals surface area contributed by atoms with E-state index in [1.807, 2.05) is 18.6 Å². The Kier molecular flexibility index (Phi) is 5.09. The van der Waals surface area contributed by atoms with E-state index in [1.54, 1.807) is 23.5 Å². The van der Waals surface area contributed by atoms with Crippen molar-refractivity contribution in [2.45, 2.75) is 23.6 Å². The first kappa shape index (κ1) is 16.5. The van der Waals surface area contributed by atoms with Gasteiger partial charge < -0.3 is 0 Å². The van der Waals surface area contributed by atoms with Crippen molar-refractivity contribution in [2.24, 2.45) is 0 Å². The van der Waals surface area contributed by atoms with Gasteiger partial charge >= 0.3 is 6.18 Å². The highest BCUT2D eigenvalue weighted by Gasteiger charge is 2.33. The van der Waals surface area contributed by atoms with Crippen LogP contribution in [0.4, 0.5) is 13.2 Å². The van der Waals surface area contributed by atoms with Crippen molar-refractivity contribution in [3.05, 3.63) is 46.5 Å². The zero-order valence-electron chi connectivity index (χ0n) is 11.7. The van der Waals surface area contributed by atoms with E-state index in [4.69, 9.17) is 0 Å². The van der Waals surface area contributed by atoms with Gasteiger partial charge in [0, 0.05) is 5.56 Å². The Morgan fingerprint density at radius 2 is 1.86 bits per heavy atom. The maximum atomic E-state index is 12.8. The van der Waals surface area contributed by atoms with Crippen LogP contribution in [0.3, 0.4) is 0 Å². The Balaban J connectivity index is 2.38. The fourth-order valence-electron chi connectivity index (χ4n) is 2.29. The number of alkyl halides is 3. The molecule has 0 aliphatic heterocycles. The SMILES string of the molecule is CSC(C=C1CCc2ccc(C(F)(F)F)cc2C1=O)SC. The first-order valence-corrected chi connectivity index (χ1v) is 8.95. The third-order valence-electron chi connectivity index (χ3n) is 3.44. The zero-order valence-corrected chi connectivity index (χ0v) is 13.3. The molecule has 21 heavy (non-hydrogen) atoms. The molecule has 0 heterocycles. The highest BCUT2D eigenvalue weighted by atomic mass is 32.2. The number of benzene rings is 1. The molecule has 0 spiro atoms. The number of halogens is 3. The summed E-state index contributed by atoms with van der Waals surface area (Å²) in [5, 5.41) is 0. The normalized spacial score (nSPS) is 17.4. The Morgan fingerprint density at radius 3 is 2.43 bits per heavy atom. The van der Waals surface area contributed by atoms with Gasteiger partial charge in [-0.1, -0.05) is 12.1 Å². The van der Waals surface area contributed by atoms with Gasteiger partial charge in [-0.05, 0) is 48.6 Å². The minimum Gasteiger partial charge on any atom is -0.289 e. The van der Waals surface area contributed by atoms with Gasteiger partial charge in [0.1, 0.15) is 0 Å². The van der Waals surface area contributed by atoms with Gasteiger partial charge in [0.25, 0.3) is 0 Å². The average molecular weight is 332 g/mol. The largest absolute Gasteiger partial charge is 0.416 e. The van der Waals surface area contributed by atoms with E-state index in [9.17, 15) is 18.0 Å². The maximum absolute atomic E-state index is 12.8. The molecule has 0 saturated carbocycles. The summed E-state index contributed by atoms with van der Waals surface area (Å²) in [6.07, 6.45) is 2.55. The summed E-state index contributed by atoms with van der Waals surface area (Å²) in [4.78, 5) is 12.4. The van der Waals surface area contributed by atoms with Crippen LogP contribution in [0.2, 0.25) is 0 Å². The number of carbonyl (C=O) groups is 1. The minimum absolute atomic E-state index is 0.149. The van der Waals surface area contributed by atoms with Crippen molar-refractivity contribution in [1.29, 1.82) is 0 Å². The number of carbonyl (C=O) groups excluding carboxylic acids is 1. The minimum atomic E-state index is -4.42. The molecular formula is C15H15F3OS2. The van der Waals surface area contributed by atoms with Crippen LogP contribution in [0.1, 0.15) is 27.9 Å². The number of hydrogen-bond acceptors (Lipinski definition) is 3. The summed E-state index contributed by atoms with van der Waals surface area (Å²) < 4.78 is 38.5. The van der Waals surface area contributed by atoms with Crippen molar-refractivity contribution in [3.8, 4) is 0 Å². The van der Waals surface area contributed by atoms with Crippen molar-refractivity contribution in [2.75, 3.05) is 12.5 Å². The fraction of sp³-hybridized carbons (Fsp3) is 0.400. The van der Waals surface area contributed by atoms with Crippen molar-refractivity contribution < 1.29 is 18.0 Å². The molecule has 1 aliphatic carbocycles. The second-order valence-corrected chi connectivity index (χ2v) is 6.99. The summed E-state index contributed by atoms with van der Waals surface area (Å²) in [6, 6.07) is 3.46. The predicted octanol–water partition coefficient (Wildman–Crippen LogP) is 4.81. The molecule has 6 heteroatoms. The molecule has 0 N–H and O–H groups in total. The van der Waals surface area contributed by atoms with Gasteiger partial charge in [-0.3, -0.25) is 4.79 Å². The van der Waals surface area contributed by atoms with Gasteiger partial charge in [-0.25, -0.2) is 0 Å². The lowest BCUT2D eigenvalue weighted by atomic mass is 9.86. The van der Waals surface area contributed by atoms with E-state index in [1.165, 1.54) is 6.07 Å². The monoisotopic (exact) mass is 332 g/mol. The molecule has 0 aromatic heterocycles. The molecule has 0 fully saturated rings. The standard InChI is InChI=1S/C15H15F3OS2/c1-20-13(21-2)7-10-4-3-9-5-6-11(15(16,17)18)8-12(9)14(10)19/h5-8,13H,3-4H2,1-2H3. The van der Waals surface area contributed by atoms with Crippen LogP contribution in [0, 0.1) is 0 Å². The molecule has 1 aliphatic rings. The molecule has 1 nitrogen and oxygen atoms in total. The molecule has 1 aromatic carbocycles. The molecule has 0 amide bonds. The predicted molar refractivity (Wildman–Crippen MR) is 83.0 cm³/mol. The number of rotatable bonds is 3. The second-order valence-electron chi connectivity index (χ2n) is 4.73. The topological polar surface area (TPSA) is 17.1 Å². The van der Waals surface area contributed by atoms with E-state index >= 15 is 0 Å². The van der Waals surface area contributed by atoms with Gasteiger partial charge in [-0.2, -0.15) is 13.2 Å². The number of fused-ring (bicyclic) bond motifs is 1. The molecule has 0 unspecified atom stereocenters. The zero-order chi connectivity index (χ0) is 15.6. The van der Waals surface area contributed by atoms with Gasteiger partial charge in [-0.15, -0.1) is 23.5 Å². The quantitative estimate of drug-likeness (QED) is 0.584. The lowest BCUT2D eigenvalue weighted by Crippen LogP contribution is -2.17. The second kappa shape index (κ2) is 6.48. The first-order chi connectivity index (χ1) is 9.86. The van der Waals surface area contributed by atoms with Crippen molar-refractivity contribution >= 4 is 29.3 Å². The Bertz CT molecular complexity index is 575. The fourth-order valence-corrected chi connectivity index (χ4v) is 3.66. The summed E-state index contributed by atoms with van der Waals surface area (Å²) in [7, 11) is 0. The summed E-state index contributed by atoms with van der Waals surface area (Å²) in [5.74, 6) is -0.268. The molecule has 0 atom stereocenters. The van der Waals surface area contributed by atoms with Crippen LogP contribution < -0.4 is 0 Å². The first-order valence-electron chi connectivity index (χ1n) is 6.38. The number of ketones is 1. The molecule has 0 bridgehead atoms. The molecule has 0 radical (unpaired) electrons. The lowest BCUT2D eigenvalue weighted by molar-refractivity contribution is -0.137. The number of hydrogen-bond donors (Lipinski definition) is 0. The number of allylic oxidation sites excluding steroid dienone is 1. The van der Waals surface area contributed by atoms with E-state index in [0.717, 1.165) is 12.1 Å². The van der Waals surface area contributed by atoms with Crippen LogP contribution in [0.15, 0.2) is 29.8 Å². The van der Waals surface area contributed by atoms with Crippen molar-refractivity contribution in [3.63, 3.8) is 0 Å². The molecular weight excluding hydrogens is 317 g/mol. The Labute approximate surface area is 130 Å². The van der Waals surface area contributed by atoms with Crippen LogP contribution in [-0.2, 0) is 12.6 Å². The average Bonchev–Trinajstić information content (AvgIpc) is 2.45. The highest BCUT2D eigenvalue weighted by Crippen LogP contribution is 2.34. The van der Waals surface area contributed by atoms with Crippen molar-refractivity contribution in [1.82, 2.24) is 0 Å². The molecule has 114 valence electrons. The third-order valence-corrected chi connectivity index (χ3v) is 5.80. The van der Waals surface area contributed by atoms with E-state index in [-0.39, 0.29) is 15.9 Å². The summed E-state index contributed by atoms with van der Waals surface area (Å²) in [6.45, 7) is 0. The molecule has 1 aromatic rings. The highest BCUT2D eigenvalue weighted by molar-refractivity contribution is 8.16. The Hall–Kier alpha value is -0.880. The number of thioether (sulfide) groups is 2. The van der Waals surface area contributed by atoms with Gasteiger partial charge in [0.15, 0.2) is 5.78 Å². The molecule has 0 saturated heterocycles. The van der Waals surface area contributed by atoms with Gasteiger partial charge in [0.05, 0.1) is 10.1 Å². The number of aryl methyl sites for hydroxylation is 1. The van der Waals surface area contributed by atoms with Crippen LogP contribution in [0.5, 0.6) is 0 Å². The van der Waals surface area contributed by atoms with Crippen LogP contribution >= 0.6 is 23.5 Å². The summed E-state index contributed by atoms with van der Waals surface area (Å²) in [5.41, 5.74) is 0.760. The third kappa shape index (κ3) is 3.66. The van der Waals surface area contributed by atoms with Gasteiger partial charge in [0.2, 0.25) is 0 Å². The molecule has 2 rings (SSSR count).